The van der Waals surface area contributed by atoms with Crippen molar-refractivity contribution < 1.29 is 9.32 Å². The van der Waals surface area contributed by atoms with Crippen molar-refractivity contribution in [3.63, 3.8) is 0 Å². The Morgan fingerprint density at radius 2 is 2.13 bits per heavy atom. The fraction of sp³-hybridized carbons (Fsp3) is 0.267. The summed E-state index contributed by atoms with van der Waals surface area (Å²) >= 11 is 0. The fourth-order valence-corrected chi connectivity index (χ4v) is 2.11. The summed E-state index contributed by atoms with van der Waals surface area (Å²) in [6, 6.07) is 7.42. The molecule has 1 aromatic carbocycles. The summed E-state index contributed by atoms with van der Waals surface area (Å²) in [6.45, 7) is 3.81. The number of rotatable bonds is 5. The smallest absolute Gasteiger partial charge is 0.249 e. The fourth-order valence-electron chi connectivity index (χ4n) is 2.11. The van der Waals surface area contributed by atoms with Crippen molar-refractivity contribution in [2.24, 2.45) is 0 Å². The molecule has 8 nitrogen and oxygen atoms in total. The van der Waals surface area contributed by atoms with Gasteiger partial charge in [-0.05, 0) is 19.9 Å². The van der Waals surface area contributed by atoms with Crippen molar-refractivity contribution in [1.82, 2.24) is 30.5 Å². The number of nitrogens with one attached hydrogen (secondary N) is 1. The molecular weight excluding hydrogens is 296 g/mol. The van der Waals surface area contributed by atoms with E-state index < -0.39 is 6.04 Å². The molecule has 23 heavy (non-hydrogen) atoms. The molecule has 0 bridgehead atoms. The number of aromatic nitrogens is 5. The quantitative estimate of drug-likeness (QED) is 0.767. The Labute approximate surface area is 132 Å². The first kappa shape index (κ1) is 14.9. The summed E-state index contributed by atoms with van der Waals surface area (Å²) in [6.07, 6.45) is 3.03. The normalized spacial score (nSPS) is 12.1. The van der Waals surface area contributed by atoms with Crippen molar-refractivity contribution in [2.75, 3.05) is 0 Å². The van der Waals surface area contributed by atoms with Gasteiger partial charge in [-0.1, -0.05) is 28.9 Å². The lowest BCUT2D eigenvalue weighted by atomic mass is 10.1. The van der Waals surface area contributed by atoms with Gasteiger partial charge in [0.1, 0.15) is 12.6 Å². The molecule has 0 saturated carbocycles. The zero-order valence-electron chi connectivity index (χ0n) is 12.8. The highest BCUT2D eigenvalue weighted by atomic mass is 16.5. The molecule has 2 heterocycles. The predicted octanol–water partition coefficient (Wildman–Crippen LogP) is 1.51. The molecule has 0 spiro atoms. The first-order valence-electron chi connectivity index (χ1n) is 7.16. The molecule has 1 amide bonds. The molecule has 0 saturated heterocycles. The molecule has 0 fully saturated rings. The van der Waals surface area contributed by atoms with Gasteiger partial charge in [0.2, 0.25) is 17.6 Å². The lowest BCUT2D eigenvalue weighted by Crippen LogP contribution is -2.31. The first-order chi connectivity index (χ1) is 11.1. The average molecular weight is 312 g/mol. The van der Waals surface area contributed by atoms with Crippen LogP contribution in [0, 0.1) is 6.92 Å². The van der Waals surface area contributed by atoms with Crippen LogP contribution in [0.2, 0.25) is 0 Å². The molecule has 118 valence electrons. The second-order valence-corrected chi connectivity index (χ2v) is 5.17. The number of hydrogen-bond acceptors (Lipinski definition) is 6. The molecule has 0 unspecified atom stereocenters. The van der Waals surface area contributed by atoms with Crippen LogP contribution in [0.15, 0.2) is 41.2 Å². The summed E-state index contributed by atoms with van der Waals surface area (Å²) in [5.74, 6) is 0.617. The Hall–Kier alpha value is -3.03. The lowest BCUT2D eigenvalue weighted by Gasteiger charge is -2.08. The van der Waals surface area contributed by atoms with Gasteiger partial charge < -0.3 is 9.84 Å². The monoisotopic (exact) mass is 312 g/mol. The summed E-state index contributed by atoms with van der Waals surface area (Å²) < 4.78 is 5.24. The summed E-state index contributed by atoms with van der Waals surface area (Å²) in [5.41, 5.74) is 1.99. The van der Waals surface area contributed by atoms with Crippen molar-refractivity contribution in [3.8, 4) is 11.4 Å². The van der Waals surface area contributed by atoms with Crippen LogP contribution in [0.5, 0.6) is 0 Å². The Morgan fingerprint density at radius 3 is 2.87 bits per heavy atom. The minimum absolute atomic E-state index is 0.0379. The van der Waals surface area contributed by atoms with Gasteiger partial charge in [-0.3, -0.25) is 4.79 Å². The van der Waals surface area contributed by atoms with Crippen molar-refractivity contribution in [2.45, 2.75) is 26.4 Å². The van der Waals surface area contributed by atoms with E-state index in [0.717, 1.165) is 11.1 Å². The van der Waals surface area contributed by atoms with Gasteiger partial charge in [0.05, 0.1) is 12.4 Å². The average Bonchev–Trinajstić information content (AvgIpc) is 3.18. The van der Waals surface area contributed by atoms with E-state index in [4.69, 9.17) is 4.52 Å². The van der Waals surface area contributed by atoms with E-state index >= 15 is 0 Å². The molecule has 1 N–H and O–H groups in total. The number of aryl methyl sites for hydroxylation is 1. The van der Waals surface area contributed by atoms with Crippen molar-refractivity contribution in [3.05, 3.63) is 48.1 Å². The summed E-state index contributed by atoms with van der Waals surface area (Å²) in [5, 5.41) is 14.5. The van der Waals surface area contributed by atoms with Crippen LogP contribution in [0.25, 0.3) is 11.4 Å². The molecule has 0 aliphatic rings. The molecule has 8 heteroatoms. The molecule has 2 aromatic heterocycles. The van der Waals surface area contributed by atoms with Gasteiger partial charge in [0.25, 0.3) is 0 Å². The first-order valence-corrected chi connectivity index (χ1v) is 7.16. The minimum Gasteiger partial charge on any atom is -0.343 e. The standard InChI is InChI=1S/C15H16N6O2/c1-10-4-3-5-12(8-10)14-19-15(23-20-14)11(2)18-13(22)9-21-16-6-7-17-21/h3-8,11H,9H2,1-2H3,(H,18,22)/t11-/m0/s1. The highest BCUT2D eigenvalue weighted by Gasteiger charge is 2.17. The maximum absolute atomic E-state index is 11.9. The zero-order valence-corrected chi connectivity index (χ0v) is 12.8. The second kappa shape index (κ2) is 6.39. The van der Waals surface area contributed by atoms with Crippen LogP contribution < -0.4 is 5.32 Å². The van der Waals surface area contributed by atoms with Crippen molar-refractivity contribution in [1.29, 1.82) is 0 Å². The van der Waals surface area contributed by atoms with E-state index in [1.165, 1.54) is 17.2 Å². The van der Waals surface area contributed by atoms with Crippen LogP contribution >= 0.6 is 0 Å². The molecule has 1 atom stereocenters. The zero-order chi connectivity index (χ0) is 16.2. The third-order valence-corrected chi connectivity index (χ3v) is 3.22. The van der Waals surface area contributed by atoms with Gasteiger partial charge in [-0.15, -0.1) is 0 Å². The number of amides is 1. The topological polar surface area (TPSA) is 98.7 Å². The third-order valence-electron chi connectivity index (χ3n) is 3.22. The molecule has 3 rings (SSSR count). The number of carbonyl (C=O) groups excluding carboxylic acids is 1. The largest absolute Gasteiger partial charge is 0.343 e. The third kappa shape index (κ3) is 3.60. The second-order valence-electron chi connectivity index (χ2n) is 5.17. The van der Waals surface area contributed by atoms with E-state index in [2.05, 4.69) is 25.7 Å². The van der Waals surface area contributed by atoms with Gasteiger partial charge >= 0.3 is 0 Å². The van der Waals surface area contributed by atoms with Gasteiger partial charge in [0, 0.05) is 5.56 Å². The highest BCUT2D eigenvalue weighted by Crippen LogP contribution is 2.19. The summed E-state index contributed by atoms with van der Waals surface area (Å²) in [4.78, 5) is 17.6. The molecular formula is C15H16N6O2. The van der Waals surface area contributed by atoms with Crippen LogP contribution in [0.3, 0.4) is 0 Å². The molecule has 0 aliphatic carbocycles. The predicted molar refractivity (Wildman–Crippen MR) is 81.1 cm³/mol. The van der Waals surface area contributed by atoms with Crippen LogP contribution in [-0.2, 0) is 11.3 Å². The lowest BCUT2D eigenvalue weighted by molar-refractivity contribution is -0.122. The van der Waals surface area contributed by atoms with E-state index in [9.17, 15) is 4.79 Å². The SMILES string of the molecule is Cc1cccc(-c2noc([C@H](C)NC(=O)Cn3nccn3)n2)c1. The Balaban J connectivity index is 1.66. The van der Waals surface area contributed by atoms with Crippen molar-refractivity contribution >= 4 is 5.91 Å². The van der Waals surface area contributed by atoms with E-state index in [1.807, 2.05) is 31.2 Å². The molecule has 3 aromatic rings. The summed E-state index contributed by atoms with van der Waals surface area (Å²) in [7, 11) is 0. The van der Waals surface area contributed by atoms with E-state index in [1.54, 1.807) is 6.92 Å². The maximum atomic E-state index is 11.9. The van der Waals surface area contributed by atoms with Crippen LogP contribution in [0.4, 0.5) is 0 Å². The molecule has 0 radical (unpaired) electrons. The Bertz CT molecular complexity index is 796. The van der Waals surface area contributed by atoms with Crippen LogP contribution in [0.1, 0.15) is 24.4 Å². The van der Waals surface area contributed by atoms with Gasteiger partial charge in [-0.25, -0.2) is 0 Å². The minimum atomic E-state index is -0.399. The van der Waals surface area contributed by atoms with Crippen LogP contribution in [-0.4, -0.2) is 31.0 Å². The number of carbonyl (C=O) groups is 1. The Morgan fingerprint density at radius 1 is 1.35 bits per heavy atom. The van der Waals surface area contributed by atoms with E-state index in [0.29, 0.717) is 11.7 Å². The van der Waals surface area contributed by atoms with Gasteiger partial charge in [-0.2, -0.15) is 20.0 Å². The van der Waals surface area contributed by atoms with Gasteiger partial charge in [0.15, 0.2) is 0 Å². The Kier molecular flexibility index (Phi) is 4.13. The molecule has 0 aliphatic heterocycles. The number of benzene rings is 1. The van der Waals surface area contributed by atoms with E-state index in [-0.39, 0.29) is 12.5 Å². The number of nitrogens with zero attached hydrogens (tertiary/aromatic N) is 5. The highest BCUT2D eigenvalue weighted by molar-refractivity contribution is 5.75. The maximum Gasteiger partial charge on any atom is 0.249 e. The number of hydrogen-bond donors (Lipinski definition) is 1.